The van der Waals surface area contributed by atoms with Crippen molar-refractivity contribution >= 4 is 33.2 Å². The van der Waals surface area contributed by atoms with Gasteiger partial charge in [-0.25, -0.2) is 8.42 Å². The van der Waals surface area contributed by atoms with Crippen LogP contribution in [0.2, 0.25) is 0 Å². The highest BCUT2D eigenvalue weighted by Gasteiger charge is 2.28. The summed E-state index contributed by atoms with van der Waals surface area (Å²) in [5, 5.41) is 5.37. The number of rotatable bonds is 5. The van der Waals surface area contributed by atoms with Crippen molar-refractivity contribution in [1.29, 1.82) is 0 Å². The summed E-state index contributed by atoms with van der Waals surface area (Å²) >= 11 is 0. The number of hydrogen-bond donors (Lipinski definition) is 2. The number of likely N-dealkylation sites (N-methyl/N-ethyl adjacent to an activating group) is 1. The van der Waals surface area contributed by atoms with Crippen molar-refractivity contribution < 1.29 is 18.0 Å². The van der Waals surface area contributed by atoms with Crippen molar-refractivity contribution in [2.75, 3.05) is 29.0 Å². The minimum absolute atomic E-state index is 0.145. The minimum Gasteiger partial charge on any atom is -0.359 e. The molecule has 142 valence electrons. The molecular formula is C19H21N3O4S. The summed E-state index contributed by atoms with van der Waals surface area (Å²) in [5.74, 6) is -0.319. The number of nitrogens with zero attached hydrogens (tertiary/aromatic N) is 1. The third-order valence-electron chi connectivity index (χ3n) is 4.41. The van der Waals surface area contributed by atoms with E-state index in [-0.39, 0.29) is 24.0 Å². The molecule has 0 atom stereocenters. The summed E-state index contributed by atoms with van der Waals surface area (Å²) in [5.41, 5.74) is 2.25. The van der Waals surface area contributed by atoms with Crippen LogP contribution in [0, 0.1) is 0 Å². The number of anilines is 2. The molecule has 2 amide bonds. The van der Waals surface area contributed by atoms with Gasteiger partial charge in [0, 0.05) is 24.8 Å². The Morgan fingerprint density at radius 3 is 2.41 bits per heavy atom. The van der Waals surface area contributed by atoms with Gasteiger partial charge in [-0.2, -0.15) is 0 Å². The summed E-state index contributed by atoms with van der Waals surface area (Å²) in [4.78, 5) is 24.2. The first kappa shape index (κ1) is 18.9. The molecule has 2 aromatic carbocycles. The number of carbonyl (C=O) groups is 2. The number of para-hydroxylation sites is 1. The molecule has 1 aliphatic heterocycles. The topological polar surface area (TPSA) is 95.6 Å². The SMILES string of the molecule is CNC(=O)Cc1ccccc1NC(=O)c1ccc(N2CCCS2(=O)=O)cc1. The Morgan fingerprint density at radius 2 is 1.78 bits per heavy atom. The van der Waals surface area contributed by atoms with Crippen LogP contribution in [0.15, 0.2) is 48.5 Å². The van der Waals surface area contributed by atoms with E-state index in [0.717, 1.165) is 0 Å². The molecule has 0 aromatic heterocycles. The third kappa shape index (κ3) is 4.28. The van der Waals surface area contributed by atoms with Crippen molar-refractivity contribution in [3.63, 3.8) is 0 Å². The molecular weight excluding hydrogens is 366 g/mol. The molecule has 7 nitrogen and oxygen atoms in total. The van der Waals surface area contributed by atoms with Gasteiger partial charge < -0.3 is 10.6 Å². The maximum absolute atomic E-state index is 12.5. The van der Waals surface area contributed by atoms with Crippen LogP contribution in [0.25, 0.3) is 0 Å². The molecule has 8 heteroatoms. The van der Waals surface area contributed by atoms with Crippen molar-refractivity contribution in [2.24, 2.45) is 0 Å². The van der Waals surface area contributed by atoms with Gasteiger partial charge in [0.15, 0.2) is 0 Å². The monoisotopic (exact) mass is 387 g/mol. The number of amides is 2. The van der Waals surface area contributed by atoms with Gasteiger partial charge in [0.25, 0.3) is 5.91 Å². The molecule has 27 heavy (non-hydrogen) atoms. The summed E-state index contributed by atoms with van der Waals surface area (Å²) in [6.45, 7) is 0.459. The summed E-state index contributed by atoms with van der Waals surface area (Å²) in [7, 11) is -1.69. The smallest absolute Gasteiger partial charge is 0.255 e. The zero-order valence-corrected chi connectivity index (χ0v) is 15.8. The first-order valence-corrected chi connectivity index (χ1v) is 10.2. The lowest BCUT2D eigenvalue weighted by Gasteiger charge is -2.17. The fraction of sp³-hybridized carbons (Fsp3) is 0.263. The predicted molar refractivity (Wildman–Crippen MR) is 104 cm³/mol. The van der Waals surface area contributed by atoms with E-state index in [4.69, 9.17) is 0 Å². The van der Waals surface area contributed by atoms with E-state index in [2.05, 4.69) is 10.6 Å². The lowest BCUT2D eigenvalue weighted by Crippen LogP contribution is -2.25. The fourth-order valence-electron chi connectivity index (χ4n) is 2.96. The summed E-state index contributed by atoms with van der Waals surface area (Å²) < 4.78 is 25.3. The highest BCUT2D eigenvalue weighted by molar-refractivity contribution is 7.93. The van der Waals surface area contributed by atoms with Crippen LogP contribution in [0.5, 0.6) is 0 Å². The van der Waals surface area contributed by atoms with Gasteiger partial charge in [-0.1, -0.05) is 18.2 Å². The molecule has 1 heterocycles. The van der Waals surface area contributed by atoms with Crippen molar-refractivity contribution in [3.8, 4) is 0 Å². The lowest BCUT2D eigenvalue weighted by atomic mass is 10.1. The second-order valence-corrected chi connectivity index (χ2v) is 8.26. The van der Waals surface area contributed by atoms with Crippen LogP contribution in [-0.4, -0.2) is 39.6 Å². The standard InChI is InChI=1S/C19H21N3O4S/c1-20-18(23)13-15-5-2-3-6-17(15)21-19(24)14-7-9-16(10-8-14)22-11-4-12-27(22,25)26/h2-3,5-10H,4,11-13H2,1H3,(H,20,23)(H,21,24). The minimum atomic E-state index is -3.25. The van der Waals surface area contributed by atoms with E-state index in [0.29, 0.717) is 35.5 Å². The second kappa shape index (κ2) is 7.79. The molecule has 0 unspecified atom stereocenters. The Hall–Kier alpha value is -2.87. The van der Waals surface area contributed by atoms with Crippen LogP contribution < -0.4 is 14.9 Å². The lowest BCUT2D eigenvalue weighted by molar-refractivity contribution is -0.119. The fourth-order valence-corrected chi connectivity index (χ4v) is 4.53. The highest BCUT2D eigenvalue weighted by atomic mass is 32.2. The van der Waals surface area contributed by atoms with Gasteiger partial charge >= 0.3 is 0 Å². The maximum atomic E-state index is 12.5. The zero-order valence-electron chi connectivity index (χ0n) is 14.9. The molecule has 2 N–H and O–H groups in total. The molecule has 0 bridgehead atoms. The molecule has 0 aliphatic carbocycles. The van der Waals surface area contributed by atoms with E-state index >= 15 is 0 Å². The van der Waals surface area contributed by atoms with Gasteiger partial charge in [-0.15, -0.1) is 0 Å². The van der Waals surface area contributed by atoms with E-state index in [1.807, 2.05) is 0 Å². The molecule has 0 spiro atoms. The van der Waals surface area contributed by atoms with E-state index in [1.54, 1.807) is 55.6 Å². The zero-order chi connectivity index (χ0) is 19.4. The molecule has 1 aliphatic rings. The van der Waals surface area contributed by atoms with Crippen LogP contribution in [0.1, 0.15) is 22.3 Å². The average molecular weight is 387 g/mol. The number of hydrogen-bond acceptors (Lipinski definition) is 4. The predicted octanol–water partition coefficient (Wildman–Crippen LogP) is 1.77. The van der Waals surface area contributed by atoms with Crippen LogP contribution >= 0.6 is 0 Å². The summed E-state index contributed by atoms with van der Waals surface area (Å²) in [6, 6.07) is 13.6. The van der Waals surface area contributed by atoms with Crippen LogP contribution in [0.3, 0.4) is 0 Å². The average Bonchev–Trinajstić information content (AvgIpc) is 3.02. The molecule has 1 saturated heterocycles. The van der Waals surface area contributed by atoms with Crippen LogP contribution in [0.4, 0.5) is 11.4 Å². The Bertz CT molecular complexity index is 955. The Kier molecular flexibility index (Phi) is 5.46. The quantitative estimate of drug-likeness (QED) is 0.817. The summed E-state index contributed by atoms with van der Waals surface area (Å²) in [6.07, 6.45) is 0.769. The largest absolute Gasteiger partial charge is 0.359 e. The number of sulfonamides is 1. The first-order chi connectivity index (χ1) is 12.9. The molecule has 1 fully saturated rings. The number of nitrogens with one attached hydrogen (secondary N) is 2. The van der Waals surface area contributed by atoms with E-state index < -0.39 is 10.0 Å². The number of carbonyl (C=O) groups excluding carboxylic acids is 2. The van der Waals surface area contributed by atoms with E-state index in [9.17, 15) is 18.0 Å². The Morgan fingerprint density at radius 1 is 1.07 bits per heavy atom. The van der Waals surface area contributed by atoms with Crippen LogP contribution in [-0.2, 0) is 21.2 Å². The normalized spacial score (nSPS) is 15.4. The third-order valence-corrected chi connectivity index (χ3v) is 6.28. The Labute approximate surface area is 158 Å². The highest BCUT2D eigenvalue weighted by Crippen LogP contribution is 2.24. The van der Waals surface area contributed by atoms with Gasteiger partial charge in [0.1, 0.15) is 0 Å². The second-order valence-electron chi connectivity index (χ2n) is 6.25. The Balaban J connectivity index is 1.75. The number of benzene rings is 2. The van der Waals surface area contributed by atoms with Gasteiger partial charge in [-0.05, 0) is 42.3 Å². The van der Waals surface area contributed by atoms with Crippen molar-refractivity contribution in [2.45, 2.75) is 12.8 Å². The molecule has 3 rings (SSSR count). The maximum Gasteiger partial charge on any atom is 0.255 e. The molecule has 0 radical (unpaired) electrons. The molecule has 2 aromatic rings. The van der Waals surface area contributed by atoms with Gasteiger partial charge in [0.2, 0.25) is 15.9 Å². The van der Waals surface area contributed by atoms with E-state index in [1.165, 1.54) is 4.31 Å². The van der Waals surface area contributed by atoms with Gasteiger partial charge in [-0.3, -0.25) is 13.9 Å². The van der Waals surface area contributed by atoms with Gasteiger partial charge in [0.05, 0.1) is 17.9 Å². The first-order valence-electron chi connectivity index (χ1n) is 8.61. The van der Waals surface area contributed by atoms with Crippen molar-refractivity contribution in [1.82, 2.24) is 5.32 Å². The molecule has 0 saturated carbocycles. The van der Waals surface area contributed by atoms with Crippen molar-refractivity contribution in [3.05, 3.63) is 59.7 Å².